The van der Waals surface area contributed by atoms with Crippen LogP contribution in [-0.4, -0.2) is 31.3 Å². The number of nitrogens with one attached hydrogen (secondary N) is 1. The number of hydrogen-bond acceptors (Lipinski definition) is 6. The van der Waals surface area contributed by atoms with E-state index in [0.29, 0.717) is 11.0 Å². The zero-order valence-corrected chi connectivity index (χ0v) is 15.9. The molecule has 0 aliphatic heterocycles. The molecule has 1 heterocycles. The molecule has 0 aliphatic carbocycles. The van der Waals surface area contributed by atoms with Crippen molar-refractivity contribution in [2.75, 3.05) is 11.1 Å². The van der Waals surface area contributed by atoms with E-state index in [-0.39, 0.29) is 17.1 Å². The number of nitrogens with zero attached hydrogens (tertiary/aromatic N) is 4. The Morgan fingerprint density at radius 1 is 1.29 bits per heavy atom. The first-order valence-electron chi connectivity index (χ1n) is 8.19. The molecule has 0 unspecified atom stereocenters. The number of aryl methyl sites for hydroxylation is 1. The maximum absolute atomic E-state index is 13.8. The van der Waals surface area contributed by atoms with Crippen molar-refractivity contribution in [1.29, 1.82) is 0 Å². The molecule has 0 bridgehead atoms. The molecule has 0 saturated heterocycles. The van der Waals surface area contributed by atoms with E-state index in [1.54, 1.807) is 11.6 Å². The maximum atomic E-state index is 13.8. The highest BCUT2D eigenvalue weighted by Crippen LogP contribution is 2.26. The average molecular weight is 401 g/mol. The third-order valence-electron chi connectivity index (χ3n) is 3.99. The minimum absolute atomic E-state index is 0.0537. The fraction of sp³-hybridized carbons (Fsp3) is 0.167. The molecular formula is C18H16FN5O3S. The van der Waals surface area contributed by atoms with Crippen LogP contribution in [0.3, 0.4) is 0 Å². The fourth-order valence-corrected chi connectivity index (χ4v) is 3.25. The van der Waals surface area contributed by atoms with E-state index < -0.39 is 16.6 Å². The second-order valence-electron chi connectivity index (χ2n) is 5.94. The molecule has 1 aromatic heterocycles. The number of rotatable bonds is 6. The molecule has 0 fully saturated rings. The molecule has 144 valence electrons. The molecule has 1 N–H and O–H groups in total. The average Bonchev–Trinajstić information content (AvgIpc) is 3.02. The number of non-ortho nitro benzene ring substituents is 1. The van der Waals surface area contributed by atoms with Gasteiger partial charge in [-0.3, -0.25) is 14.9 Å². The van der Waals surface area contributed by atoms with E-state index in [1.165, 1.54) is 0 Å². The van der Waals surface area contributed by atoms with Crippen LogP contribution in [0.1, 0.15) is 5.56 Å². The largest absolute Gasteiger partial charge is 0.323 e. The Bertz CT molecular complexity index is 1050. The van der Waals surface area contributed by atoms with Gasteiger partial charge in [0.15, 0.2) is 11.0 Å². The lowest BCUT2D eigenvalue weighted by atomic mass is 10.1. The van der Waals surface area contributed by atoms with Gasteiger partial charge in [0, 0.05) is 24.7 Å². The third-order valence-corrected chi connectivity index (χ3v) is 5.01. The van der Waals surface area contributed by atoms with Gasteiger partial charge in [-0.1, -0.05) is 36.0 Å². The summed E-state index contributed by atoms with van der Waals surface area (Å²) in [6, 6.07) is 10.7. The predicted molar refractivity (Wildman–Crippen MR) is 104 cm³/mol. The quantitative estimate of drug-likeness (QED) is 0.385. The lowest BCUT2D eigenvalue weighted by Crippen LogP contribution is -2.15. The topological polar surface area (TPSA) is 103 Å². The predicted octanol–water partition coefficient (Wildman–Crippen LogP) is 3.57. The van der Waals surface area contributed by atoms with Crippen LogP contribution in [0.4, 0.5) is 15.8 Å². The van der Waals surface area contributed by atoms with Gasteiger partial charge in [0.05, 0.1) is 16.4 Å². The van der Waals surface area contributed by atoms with E-state index in [1.807, 2.05) is 31.2 Å². The van der Waals surface area contributed by atoms with E-state index >= 15 is 0 Å². The van der Waals surface area contributed by atoms with E-state index in [0.717, 1.165) is 41.1 Å². The number of nitro benzene ring substituents is 1. The molecule has 8 nitrogen and oxygen atoms in total. The van der Waals surface area contributed by atoms with Crippen LogP contribution in [0, 0.1) is 22.9 Å². The summed E-state index contributed by atoms with van der Waals surface area (Å²) in [5.74, 6) is -0.637. The molecule has 0 saturated carbocycles. The summed E-state index contributed by atoms with van der Waals surface area (Å²) in [5, 5.41) is 21.9. The van der Waals surface area contributed by atoms with Crippen LogP contribution in [-0.2, 0) is 11.8 Å². The Morgan fingerprint density at radius 3 is 2.75 bits per heavy atom. The van der Waals surface area contributed by atoms with Gasteiger partial charge in [-0.25, -0.2) is 4.39 Å². The molecule has 3 rings (SSSR count). The van der Waals surface area contributed by atoms with Crippen LogP contribution >= 0.6 is 11.8 Å². The maximum Gasteiger partial charge on any atom is 0.271 e. The van der Waals surface area contributed by atoms with Crippen LogP contribution in [0.15, 0.2) is 47.6 Å². The molecule has 0 atom stereocenters. The summed E-state index contributed by atoms with van der Waals surface area (Å²) >= 11 is 1.13. The van der Waals surface area contributed by atoms with Gasteiger partial charge in [-0.05, 0) is 18.6 Å². The number of anilines is 1. The second-order valence-corrected chi connectivity index (χ2v) is 6.88. The summed E-state index contributed by atoms with van der Waals surface area (Å²) in [7, 11) is 1.79. The molecule has 2 aromatic carbocycles. The lowest BCUT2D eigenvalue weighted by Gasteiger charge is -2.07. The summed E-state index contributed by atoms with van der Waals surface area (Å²) < 4.78 is 15.6. The van der Waals surface area contributed by atoms with E-state index in [2.05, 4.69) is 15.5 Å². The van der Waals surface area contributed by atoms with Crippen LogP contribution in [0.2, 0.25) is 0 Å². The van der Waals surface area contributed by atoms with Crippen LogP contribution < -0.4 is 5.32 Å². The Kier molecular flexibility index (Phi) is 5.69. The first kappa shape index (κ1) is 19.5. The van der Waals surface area contributed by atoms with Crippen molar-refractivity contribution >= 4 is 29.0 Å². The molecule has 0 aliphatic rings. The van der Waals surface area contributed by atoms with Crippen molar-refractivity contribution in [3.8, 4) is 11.4 Å². The van der Waals surface area contributed by atoms with Gasteiger partial charge in [0.1, 0.15) is 5.82 Å². The van der Waals surface area contributed by atoms with Crippen molar-refractivity contribution in [2.24, 2.45) is 7.05 Å². The van der Waals surface area contributed by atoms with E-state index in [9.17, 15) is 19.3 Å². The van der Waals surface area contributed by atoms with Gasteiger partial charge in [-0.2, -0.15) is 0 Å². The summed E-state index contributed by atoms with van der Waals surface area (Å²) in [5.41, 5.74) is 1.44. The highest BCUT2D eigenvalue weighted by molar-refractivity contribution is 7.99. The first-order chi connectivity index (χ1) is 13.4. The zero-order valence-electron chi connectivity index (χ0n) is 15.0. The highest BCUT2D eigenvalue weighted by Gasteiger charge is 2.16. The number of benzene rings is 2. The van der Waals surface area contributed by atoms with Crippen molar-refractivity contribution in [2.45, 2.75) is 12.1 Å². The molecule has 3 aromatic rings. The molecule has 28 heavy (non-hydrogen) atoms. The zero-order chi connectivity index (χ0) is 20.3. The number of amides is 1. The minimum atomic E-state index is -0.746. The van der Waals surface area contributed by atoms with Crippen molar-refractivity contribution in [3.63, 3.8) is 0 Å². The van der Waals surface area contributed by atoms with Gasteiger partial charge < -0.3 is 9.88 Å². The fourth-order valence-electron chi connectivity index (χ4n) is 2.54. The molecule has 1 amide bonds. The van der Waals surface area contributed by atoms with E-state index in [4.69, 9.17) is 0 Å². The number of carbonyl (C=O) groups is 1. The number of halogens is 1. The standard InChI is InChI=1S/C18H16FN5O3S/c1-11-5-3-4-6-13(11)17-21-22-18(23(17)2)28-10-16(25)20-15-9-12(24(26)27)7-8-14(15)19/h3-9H,10H2,1-2H3,(H,20,25). The van der Waals surface area contributed by atoms with Crippen molar-refractivity contribution in [1.82, 2.24) is 14.8 Å². The van der Waals surface area contributed by atoms with Gasteiger partial charge >= 0.3 is 0 Å². The minimum Gasteiger partial charge on any atom is -0.323 e. The van der Waals surface area contributed by atoms with Crippen LogP contribution in [0.5, 0.6) is 0 Å². The molecule has 0 radical (unpaired) electrons. The summed E-state index contributed by atoms with van der Waals surface area (Å²) in [6.45, 7) is 1.97. The van der Waals surface area contributed by atoms with Crippen LogP contribution in [0.25, 0.3) is 11.4 Å². The molecular weight excluding hydrogens is 385 g/mol. The Morgan fingerprint density at radius 2 is 2.04 bits per heavy atom. The monoisotopic (exact) mass is 401 g/mol. The Balaban J connectivity index is 1.68. The number of aromatic nitrogens is 3. The van der Waals surface area contributed by atoms with Crippen molar-refractivity contribution in [3.05, 3.63) is 64.0 Å². The second kappa shape index (κ2) is 8.17. The first-order valence-corrected chi connectivity index (χ1v) is 9.17. The summed E-state index contributed by atoms with van der Waals surface area (Å²) in [6.07, 6.45) is 0. The smallest absolute Gasteiger partial charge is 0.271 e. The number of thioether (sulfide) groups is 1. The normalized spacial score (nSPS) is 10.7. The number of carbonyl (C=O) groups excluding carboxylic acids is 1. The molecule has 0 spiro atoms. The third kappa shape index (κ3) is 4.17. The number of hydrogen-bond donors (Lipinski definition) is 1. The number of nitro groups is 1. The SMILES string of the molecule is Cc1ccccc1-c1nnc(SCC(=O)Nc2cc([N+](=O)[O-])ccc2F)n1C. The van der Waals surface area contributed by atoms with Gasteiger partial charge in [0.25, 0.3) is 5.69 Å². The van der Waals surface area contributed by atoms with Gasteiger partial charge in [0.2, 0.25) is 5.91 Å². The highest BCUT2D eigenvalue weighted by atomic mass is 32.2. The van der Waals surface area contributed by atoms with Crippen molar-refractivity contribution < 1.29 is 14.1 Å². The molecule has 10 heteroatoms. The lowest BCUT2D eigenvalue weighted by molar-refractivity contribution is -0.384. The Labute approximate surface area is 163 Å². The van der Waals surface area contributed by atoms with Gasteiger partial charge in [-0.15, -0.1) is 10.2 Å². The Hall–Kier alpha value is -3.27. The summed E-state index contributed by atoms with van der Waals surface area (Å²) in [4.78, 5) is 22.3.